The highest BCUT2D eigenvalue weighted by molar-refractivity contribution is 6.30. The summed E-state index contributed by atoms with van der Waals surface area (Å²) in [7, 11) is 0. The molecule has 2 amide bonds. The summed E-state index contributed by atoms with van der Waals surface area (Å²) in [4.78, 5) is 37.2. The number of hydrogen-bond acceptors (Lipinski definition) is 8. The van der Waals surface area contributed by atoms with E-state index in [4.69, 9.17) is 30.5 Å². The van der Waals surface area contributed by atoms with Crippen LogP contribution in [0.3, 0.4) is 0 Å². The fraction of sp³-hybridized carbons (Fsp3) is 0.704. The van der Waals surface area contributed by atoms with Gasteiger partial charge in [-0.2, -0.15) is 0 Å². The zero-order valence-electron chi connectivity index (χ0n) is 24.3. The van der Waals surface area contributed by atoms with Gasteiger partial charge >= 0.3 is 12.2 Å². The normalized spacial score (nSPS) is 13.9. The van der Waals surface area contributed by atoms with Gasteiger partial charge in [0, 0.05) is 19.0 Å². The molecule has 216 valence electrons. The number of nitro groups is 1. The van der Waals surface area contributed by atoms with E-state index in [0.29, 0.717) is 25.9 Å². The predicted octanol–water partition coefficient (Wildman–Crippen LogP) is 7.54. The molecule has 38 heavy (non-hydrogen) atoms. The fourth-order valence-corrected chi connectivity index (χ4v) is 3.44. The first kappa shape index (κ1) is 33.4. The molecule has 0 spiro atoms. The Morgan fingerprint density at radius 1 is 0.921 bits per heavy atom. The number of carbonyl (C=O) groups is 2. The van der Waals surface area contributed by atoms with Gasteiger partial charge in [0.15, 0.2) is 0 Å². The van der Waals surface area contributed by atoms with Gasteiger partial charge in [-0.3, -0.25) is 10.1 Å². The third-order valence-electron chi connectivity index (χ3n) is 5.46. The van der Waals surface area contributed by atoms with Crippen molar-refractivity contribution in [2.24, 2.45) is 0 Å². The number of nitro benzene ring substituents is 1. The fourth-order valence-electron chi connectivity index (χ4n) is 3.22. The maximum atomic E-state index is 12.8. The van der Waals surface area contributed by atoms with Crippen LogP contribution >= 0.6 is 11.6 Å². The molecule has 11 heteroatoms. The average Bonchev–Trinajstić information content (AvgIpc) is 2.70. The summed E-state index contributed by atoms with van der Waals surface area (Å²) in [5, 5.41) is 11.3. The molecule has 0 N–H and O–H groups in total. The van der Waals surface area contributed by atoms with Crippen molar-refractivity contribution in [2.75, 3.05) is 13.2 Å². The van der Waals surface area contributed by atoms with Gasteiger partial charge in [-0.1, -0.05) is 18.5 Å². The molecule has 1 atom stereocenters. The number of non-ortho nitro benzene ring substituents is 1. The highest BCUT2D eigenvalue weighted by Crippen LogP contribution is 2.30. The van der Waals surface area contributed by atoms with Crippen LogP contribution < -0.4 is 4.74 Å². The van der Waals surface area contributed by atoms with Crippen molar-refractivity contribution in [3.05, 3.63) is 33.3 Å². The van der Waals surface area contributed by atoms with E-state index in [0.717, 1.165) is 4.90 Å². The number of imide groups is 1. The van der Waals surface area contributed by atoms with Crippen molar-refractivity contribution in [2.45, 2.75) is 111 Å². The van der Waals surface area contributed by atoms with Crippen molar-refractivity contribution < 1.29 is 33.5 Å². The summed E-state index contributed by atoms with van der Waals surface area (Å²) >= 11 is 6.00. The first-order valence-corrected chi connectivity index (χ1v) is 13.0. The zero-order valence-corrected chi connectivity index (χ0v) is 25.1. The molecule has 1 unspecified atom stereocenters. The van der Waals surface area contributed by atoms with Crippen LogP contribution in [0.4, 0.5) is 15.3 Å². The van der Waals surface area contributed by atoms with E-state index in [-0.39, 0.29) is 23.0 Å². The second kappa shape index (κ2) is 13.0. The molecule has 1 rings (SSSR count). The molecule has 1 aromatic carbocycles. The maximum Gasteiger partial charge on any atom is 0.419 e. The lowest BCUT2D eigenvalue weighted by Gasteiger charge is -2.34. The smallest absolute Gasteiger partial charge is 0.419 e. The van der Waals surface area contributed by atoms with Gasteiger partial charge in [-0.25, -0.2) is 14.5 Å². The van der Waals surface area contributed by atoms with E-state index in [9.17, 15) is 19.7 Å². The highest BCUT2D eigenvalue weighted by Gasteiger charge is 2.34. The molecule has 1 aromatic rings. The Bertz CT molecular complexity index is 956. The van der Waals surface area contributed by atoms with E-state index in [1.807, 2.05) is 27.7 Å². The van der Waals surface area contributed by atoms with E-state index >= 15 is 0 Å². The second-order valence-corrected chi connectivity index (χ2v) is 12.5. The largest absolute Gasteiger partial charge is 0.487 e. The molecular formula is C27H43ClN2O8. The van der Waals surface area contributed by atoms with E-state index in [1.165, 1.54) is 18.2 Å². The topological polar surface area (TPSA) is 117 Å². The minimum absolute atomic E-state index is 0.0419. The van der Waals surface area contributed by atoms with E-state index in [2.05, 4.69) is 0 Å². The molecule has 0 bridgehead atoms. The monoisotopic (exact) mass is 558 g/mol. The molecule has 0 saturated heterocycles. The lowest BCUT2D eigenvalue weighted by molar-refractivity contribution is -0.384. The van der Waals surface area contributed by atoms with Crippen molar-refractivity contribution in [1.29, 1.82) is 0 Å². The standard InChI is InChI=1S/C27H43ClN2O8/c1-11-27(10,12-14-29(22(31)37-24(2,3)4)23(32)38-25(5,6)7)35-15-13-26(8,9)36-21-17-19(28)16-20(18-21)30(33)34/h16-18H,11-15H2,1-10H3. The second-order valence-electron chi connectivity index (χ2n) is 12.0. The molecule has 0 aromatic heterocycles. The van der Waals surface area contributed by atoms with Crippen molar-refractivity contribution in [3.63, 3.8) is 0 Å². The minimum Gasteiger partial charge on any atom is -0.487 e. The summed E-state index contributed by atoms with van der Waals surface area (Å²) < 4.78 is 23.0. The van der Waals surface area contributed by atoms with Crippen LogP contribution in [-0.2, 0) is 14.2 Å². The summed E-state index contributed by atoms with van der Waals surface area (Å²) in [6.45, 7) is 18.3. The highest BCUT2D eigenvalue weighted by atomic mass is 35.5. The van der Waals surface area contributed by atoms with Gasteiger partial charge in [0.05, 0.1) is 28.2 Å². The van der Waals surface area contributed by atoms with Gasteiger partial charge < -0.3 is 18.9 Å². The molecule has 0 radical (unpaired) electrons. The Morgan fingerprint density at radius 3 is 1.89 bits per heavy atom. The third kappa shape index (κ3) is 12.3. The summed E-state index contributed by atoms with van der Waals surface area (Å²) in [5.41, 5.74) is -3.09. The van der Waals surface area contributed by atoms with Gasteiger partial charge in [-0.15, -0.1) is 0 Å². The molecule has 0 fully saturated rings. The SMILES string of the molecule is CCC(C)(CCN(C(=O)OC(C)(C)C)C(=O)OC(C)(C)C)OCCC(C)(C)Oc1cc(Cl)cc([N+](=O)[O-])c1. The molecule has 0 aliphatic rings. The maximum absolute atomic E-state index is 12.8. The van der Waals surface area contributed by atoms with Crippen molar-refractivity contribution in [1.82, 2.24) is 4.90 Å². The van der Waals surface area contributed by atoms with Gasteiger partial charge in [0.1, 0.15) is 22.6 Å². The molecular weight excluding hydrogens is 516 g/mol. The van der Waals surface area contributed by atoms with Crippen molar-refractivity contribution >= 4 is 29.5 Å². The molecule has 10 nitrogen and oxygen atoms in total. The number of benzene rings is 1. The van der Waals surface area contributed by atoms with Gasteiger partial charge in [0.2, 0.25) is 0 Å². The van der Waals surface area contributed by atoms with Gasteiger partial charge in [0.25, 0.3) is 5.69 Å². The average molecular weight is 559 g/mol. The predicted molar refractivity (Wildman–Crippen MR) is 146 cm³/mol. The van der Waals surface area contributed by atoms with Crippen LogP contribution in [0.15, 0.2) is 18.2 Å². The van der Waals surface area contributed by atoms with Crippen LogP contribution in [-0.4, -0.2) is 57.6 Å². The lowest BCUT2D eigenvalue weighted by Crippen LogP contribution is -2.46. The molecule has 0 aliphatic heterocycles. The zero-order chi connectivity index (χ0) is 29.5. The Kier molecular flexibility index (Phi) is 11.4. The first-order chi connectivity index (χ1) is 17.2. The Morgan fingerprint density at radius 2 is 1.45 bits per heavy atom. The number of rotatable bonds is 11. The minimum atomic E-state index is -0.782. The van der Waals surface area contributed by atoms with Crippen LogP contribution in [0.1, 0.15) is 88.5 Å². The number of carbonyl (C=O) groups excluding carboxylic acids is 2. The number of halogens is 1. The number of amides is 2. The summed E-state index contributed by atoms with van der Waals surface area (Å²) in [5.74, 6) is 0.290. The quantitative estimate of drug-likeness (QED) is 0.202. The lowest BCUT2D eigenvalue weighted by atomic mass is 9.98. The third-order valence-corrected chi connectivity index (χ3v) is 5.67. The van der Waals surface area contributed by atoms with Crippen molar-refractivity contribution in [3.8, 4) is 5.75 Å². The first-order valence-electron chi connectivity index (χ1n) is 12.7. The van der Waals surface area contributed by atoms with Crippen LogP contribution in [0.25, 0.3) is 0 Å². The molecule has 0 aliphatic carbocycles. The van der Waals surface area contributed by atoms with E-state index in [1.54, 1.807) is 41.5 Å². The number of nitrogens with zero attached hydrogens (tertiary/aromatic N) is 2. The van der Waals surface area contributed by atoms with Crippen LogP contribution in [0.5, 0.6) is 5.75 Å². The Hall–Kier alpha value is -2.59. The Balaban J connectivity index is 2.86. The number of ether oxygens (including phenoxy) is 4. The van der Waals surface area contributed by atoms with Crippen LogP contribution in [0.2, 0.25) is 5.02 Å². The van der Waals surface area contributed by atoms with Crippen LogP contribution in [0, 0.1) is 10.1 Å². The number of hydrogen-bond donors (Lipinski definition) is 0. The molecule has 0 heterocycles. The Labute approximate surface area is 231 Å². The van der Waals surface area contributed by atoms with Gasteiger partial charge in [-0.05, 0) is 81.2 Å². The summed E-state index contributed by atoms with van der Waals surface area (Å²) in [6, 6.07) is 4.11. The van der Waals surface area contributed by atoms with E-state index < -0.39 is 39.5 Å². The summed E-state index contributed by atoms with van der Waals surface area (Å²) in [6.07, 6.45) is -0.134. The molecule has 0 saturated carbocycles.